The van der Waals surface area contributed by atoms with Crippen molar-refractivity contribution in [2.24, 2.45) is 0 Å². The van der Waals surface area contributed by atoms with Gasteiger partial charge in [0.15, 0.2) is 8.32 Å². The molecule has 1 fully saturated rings. The molecule has 1 rings (SSSR count). The van der Waals surface area contributed by atoms with Crippen molar-refractivity contribution in [3.05, 3.63) is 0 Å². The van der Waals surface area contributed by atoms with Crippen LogP contribution >= 0.6 is 0 Å². The Kier molecular flexibility index (Phi) is 7.38. The Balaban J connectivity index is 2.67. The fourth-order valence-electron chi connectivity index (χ4n) is 2.58. The lowest BCUT2D eigenvalue weighted by atomic mass is 10.1. The van der Waals surface area contributed by atoms with E-state index < -0.39 is 38.4 Å². The van der Waals surface area contributed by atoms with Gasteiger partial charge in [0.2, 0.25) is 11.8 Å². The first-order valence-corrected chi connectivity index (χ1v) is 11.8. The molecule has 8 nitrogen and oxygen atoms in total. The number of nitrogens with one attached hydrogen (secondary N) is 1. The molecule has 150 valence electrons. The molecule has 0 unspecified atom stereocenters. The number of aliphatic hydroxyl groups is 1. The molecule has 26 heavy (non-hydrogen) atoms. The van der Waals surface area contributed by atoms with Crippen LogP contribution in [0.5, 0.6) is 0 Å². The van der Waals surface area contributed by atoms with E-state index in [0.29, 0.717) is 0 Å². The second kappa shape index (κ2) is 8.49. The van der Waals surface area contributed by atoms with Crippen LogP contribution in [0.3, 0.4) is 0 Å². The number of hydrogen-bond donors (Lipinski definition) is 3. The maximum Gasteiger partial charge on any atom is 0.326 e. The molecule has 3 atom stereocenters. The Morgan fingerprint density at radius 2 is 1.88 bits per heavy atom. The third kappa shape index (κ3) is 5.78. The van der Waals surface area contributed by atoms with Crippen molar-refractivity contribution in [1.82, 2.24) is 10.2 Å². The van der Waals surface area contributed by atoms with Gasteiger partial charge in [0.25, 0.3) is 0 Å². The van der Waals surface area contributed by atoms with E-state index in [1.54, 1.807) is 0 Å². The van der Waals surface area contributed by atoms with Crippen molar-refractivity contribution in [1.29, 1.82) is 0 Å². The van der Waals surface area contributed by atoms with Crippen molar-refractivity contribution in [2.75, 3.05) is 13.2 Å². The molecule has 0 spiro atoms. The minimum atomic E-state index is -2.00. The zero-order chi connectivity index (χ0) is 20.3. The average molecular weight is 389 g/mol. The number of aliphatic carboxylic acids is 1. The number of β-amino-alcohol motifs (C(OH)–C–C–N with tert-alkyl or cyclic N) is 1. The number of likely N-dealkylation sites (tertiary alicyclic amines) is 1. The third-order valence-corrected chi connectivity index (χ3v) is 9.81. The van der Waals surface area contributed by atoms with Gasteiger partial charge in [0, 0.05) is 32.9 Å². The quantitative estimate of drug-likeness (QED) is 0.559. The molecule has 1 saturated heterocycles. The number of nitrogens with zero attached hydrogens (tertiary/aromatic N) is 1. The summed E-state index contributed by atoms with van der Waals surface area (Å²) in [6, 6.07) is -1.94. The van der Waals surface area contributed by atoms with Crippen LogP contribution in [0.25, 0.3) is 0 Å². The SMILES string of the molecule is CC(=O)N1C[C@H](O)C[C@H]1C(=O)N[C@H](CCO[Si](C)(C)C(C)(C)C)C(=O)O. The van der Waals surface area contributed by atoms with E-state index in [4.69, 9.17) is 4.43 Å². The molecule has 0 aromatic carbocycles. The zero-order valence-electron chi connectivity index (χ0n) is 16.5. The van der Waals surface area contributed by atoms with E-state index >= 15 is 0 Å². The van der Waals surface area contributed by atoms with E-state index in [1.165, 1.54) is 11.8 Å². The van der Waals surface area contributed by atoms with E-state index in [0.717, 1.165) is 0 Å². The maximum absolute atomic E-state index is 12.4. The number of amides is 2. The molecule has 0 aromatic rings. The van der Waals surface area contributed by atoms with Crippen molar-refractivity contribution in [3.8, 4) is 0 Å². The second-order valence-electron chi connectivity index (χ2n) is 8.37. The number of carboxylic acid groups (broad SMARTS) is 1. The Morgan fingerprint density at radius 3 is 2.35 bits per heavy atom. The molecule has 1 aliphatic rings. The fraction of sp³-hybridized carbons (Fsp3) is 0.824. The number of carbonyl (C=O) groups is 3. The smallest absolute Gasteiger partial charge is 0.326 e. The summed E-state index contributed by atoms with van der Waals surface area (Å²) in [7, 11) is -2.00. The highest BCUT2D eigenvalue weighted by molar-refractivity contribution is 6.74. The summed E-state index contributed by atoms with van der Waals surface area (Å²) in [6.45, 7) is 12.1. The van der Waals surface area contributed by atoms with Gasteiger partial charge in [0.05, 0.1) is 6.10 Å². The Labute approximate surface area is 156 Å². The first-order chi connectivity index (χ1) is 11.8. The monoisotopic (exact) mass is 388 g/mol. The molecule has 2 amide bonds. The van der Waals surface area contributed by atoms with E-state index in [-0.39, 0.29) is 36.9 Å². The summed E-state index contributed by atoms with van der Waals surface area (Å²) in [5, 5.41) is 21.6. The summed E-state index contributed by atoms with van der Waals surface area (Å²) in [6.07, 6.45) is -0.527. The standard InChI is InChI=1S/C17H32N2O6Si/c1-11(20)19-10-12(21)9-14(19)15(22)18-13(16(23)24)7-8-25-26(5,6)17(2,3)4/h12-14,21H,7-10H2,1-6H3,(H,18,22)(H,23,24)/t12-,13-,14+/m1/s1. The minimum absolute atomic E-state index is 0.0109. The highest BCUT2D eigenvalue weighted by Gasteiger charge is 2.39. The molecular weight excluding hydrogens is 356 g/mol. The Bertz CT molecular complexity index is 546. The van der Waals surface area contributed by atoms with Gasteiger partial charge in [-0.2, -0.15) is 0 Å². The molecule has 0 radical (unpaired) electrons. The summed E-state index contributed by atoms with van der Waals surface area (Å²) in [5.74, 6) is -2.03. The lowest BCUT2D eigenvalue weighted by Gasteiger charge is -2.36. The molecule has 1 aliphatic heterocycles. The first-order valence-electron chi connectivity index (χ1n) is 8.88. The van der Waals surface area contributed by atoms with Gasteiger partial charge in [-0.15, -0.1) is 0 Å². The molecule has 0 aromatic heterocycles. The Morgan fingerprint density at radius 1 is 1.31 bits per heavy atom. The number of hydrogen-bond acceptors (Lipinski definition) is 5. The van der Waals surface area contributed by atoms with Crippen LogP contribution in [0.4, 0.5) is 0 Å². The molecule has 9 heteroatoms. The predicted molar refractivity (Wildman–Crippen MR) is 99.1 cm³/mol. The highest BCUT2D eigenvalue weighted by atomic mass is 28.4. The molecular formula is C17H32N2O6Si. The van der Waals surface area contributed by atoms with Crippen LogP contribution < -0.4 is 5.32 Å². The molecule has 0 saturated carbocycles. The highest BCUT2D eigenvalue weighted by Crippen LogP contribution is 2.36. The largest absolute Gasteiger partial charge is 0.480 e. The van der Waals surface area contributed by atoms with Gasteiger partial charge in [0.1, 0.15) is 12.1 Å². The molecule has 3 N–H and O–H groups in total. The number of carbonyl (C=O) groups excluding carboxylic acids is 2. The van der Waals surface area contributed by atoms with Crippen LogP contribution in [0.15, 0.2) is 0 Å². The maximum atomic E-state index is 12.4. The summed E-state index contributed by atoms with van der Waals surface area (Å²) in [5.41, 5.74) is 0. The Hall–Kier alpha value is -1.45. The molecule has 1 heterocycles. The average Bonchev–Trinajstić information content (AvgIpc) is 2.87. The van der Waals surface area contributed by atoms with Crippen LogP contribution in [0, 0.1) is 0 Å². The zero-order valence-corrected chi connectivity index (χ0v) is 17.5. The van der Waals surface area contributed by atoms with Gasteiger partial charge in [-0.1, -0.05) is 20.8 Å². The molecule has 0 aliphatic carbocycles. The van der Waals surface area contributed by atoms with Gasteiger partial charge < -0.3 is 24.9 Å². The van der Waals surface area contributed by atoms with Crippen LogP contribution in [-0.2, 0) is 18.8 Å². The third-order valence-electron chi connectivity index (χ3n) is 5.28. The fourth-order valence-corrected chi connectivity index (χ4v) is 3.65. The predicted octanol–water partition coefficient (Wildman–Crippen LogP) is 0.949. The van der Waals surface area contributed by atoms with Crippen molar-refractivity contribution >= 4 is 26.1 Å². The van der Waals surface area contributed by atoms with E-state index in [1.807, 2.05) is 0 Å². The van der Waals surface area contributed by atoms with Crippen LogP contribution in [0.1, 0.15) is 40.5 Å². The van der Waals surface area contributed by atoms with Crippen molar-refractivity contribution < 1.29 is 29.0 Å². The van der Waals surface area contributed by atoms with Gasteiger partial charge in [-0.05, 0) is 18.1 Å². The van der Waals surface area contributed by atoms with Crippen LogP contribution in [0.2, 0.25) is 18.1 Å². The van der Waals surface area contributed by atoms with Crippen LogP contribution in [-0.4, -0.2) is 72.6 Å². The van der Waals surface area contributed by atoms with Crippen molar-refractivity contribution in [3.63, 3.8) is 0 Å². The first kappa shape index (κ1) is 22.6. The van der Waals surface area contributed by atoms with E-state index in [2.05, 4.69) is 39.2 Å². The minimum Gasteiger partial charge on any atom is -0.480 e. The van der Waals surface area contributed by atoms with E-state index in [9.17, 15) is 24.6 Å². The second-order valence-corrected chi connectivity index (χ2v) is 13.2. The number of carboxylic acids is 1. The normalized spacial score (nSPS) is 22.2. The number of rotatable bonds is 7. The summed E-state index contributed by atoms with van der Waals surface area (Å²) >= 11 is 0. The molecule has 0 bridgehead atoms. The van der Waals surface area contributed by atoms with Crippen molar-refractivity contribution in [2.45, 2.75) is 76.9 Å². The lowest BCUT2D eigenvalue weighted by Crippen LogP contribution is -2.51. The van der Waals surface area contributed by atoms with Gasteiger partial charge >= 0.3 is 5.97 Å². The summed E-state index contributed by atoms with van der Waals surface area (Å²) < 4.78 is 5.98. The topological polar surface area (TPSA) is 116 Å². The lowest BCUT2D eigenvalue weighted by molar-refractivity contribution is -0.143. The number of aliphatic hydroxyl groups excluding tert-OH is 1. The van der Waals surface area contributed by atoms with Gasteiger partial charge in [-0.25, -0.2) is 4.79 Å². The van der Waals surface area contributed by atoms with Gasteiger partial charge in [-0.3, -0.25) is 9.59 Å². The summed E-state index contributed by atoms with van der Waals surface area (Å²) in [4.78, 5) is 36.8.